The molecule has 5 heteroatoms. The number of halogens is 4. The predicted molar refractivity (Wildman–Crippen MR) is 10.0 cm³/mol. The molecule has 0 saturated carbocycles. The zero-order valence-corrected chi connectivity index (χ0v) is 2.94. The molecule has 0 amide bonds. The molecular weight excluding hydrogens is 135 g/mol. The van der Waals surface area contributed by atoms with Crippen LogP contribution in [0.25, 0.3) is 0 Å². The van der Waals surface area contributed by atoms with Gasteiger partial charge in [-0.25, -0.2) is 0 Å². The van der Waals surface area contributed by atoms with E-state index in [9.17, 15) is 0 Å². The SMILES string of the molecule is F.F.F.F.[Ni]. The Morgan fingerprint density at radius 1 is 0.400 bits per heavy atom. The fourth-order valence-electron chi connectivity index (χ4n) is 0. The summed E-state index contributed by atoms with van der Waals surface area (Å²) in [6, 6.07) is 0. The molecule has 0 aromatic rings. The van der Waals surface area contributed by atoms with Crippen molar-refractivity contribution in [3.8, 4) is 0 Å². The van der Waals surface area contributed by atoms with Gasteiger partial charge in [0.05, 0.1) is 0 Å². The molecule has 0 N–H and O–H groups in total. The molecule has 0 aromatic heterocycles. The largest absolute Gasteiger partial charge is 0.269 e. The molecule has 0 radical (unpaired) electrons. The molecule has 42 valence electrons. The van der Waals surface area contributed by atoms with Crippen LogP contribution in [0.4, 0.5) is 18.8 Å². The summed E-state index contributed by atoms with van der Waals surface area (Å²) in [7, 11) is 0. The quantitative estimate of drug-likeness (QED) is 0.340. The van der Waals surface area contributed by atoms with Crippen molar-refractivity contribution in [1.29, 1.82) is 0 Å². The molecule has 0 nitrogen and oxygen atoms in total. The van der Waals surface area contributed by atoms with Crippen LogP contribution < -0.4 is 0 Å². The maximum absolute atomic E-state index is 0. The standard InChI is InChI=1S/4FH.Ni/h4*1H;. The third-order valence-electron chi connectivity index (χ3n) is 0. The summed E-state index contributed by atoms with van der Waals surface area (Å²) in [6.45, 7) is 0. The molecule has 0 heterocycles. The molecule has 0 spiro atoms. The maximum Gasteiger partial charge on any atom is 0 e. The molecule has 0 unspecified atom stereocenters. The summed E-state index contributed by atoms with van der Waals surface area (Å²) in [6.07, 6.45) is 0. The normalized spacial score (nSPS) is 0. The first-order valence-corrected chi connectivity index (χ1v) is 0. The van der Waals surface area contributed by atoms with Crippen molar-refractivity contribution in [2.45, 2.75) is 0 Å². The number of hydrogen-bond acceptors (Lipinski definition) is 0. The van der Waals surface area contributed by atoms with E-state index >= 15 is 0 Å². The number of hydrogen-bond donors (Lipinski definition) is 0. The molecule has 0 saturated heterocycles. The van der Waals surface area contributed by atoms with Gasteiger partial charge < -0.3 is 0 Å². The van der Waals surface area contributed by atoms with Crippen molar-refractivity contribution in [1.82, 2.24) is 0 Å². The van der Waals surface area contributed by atoms with Crippen molar-refractivity contribution in [2.75, 3.05) is 0 Å². The van der Waals surface area contributed by atoms with E-state index in [4.69, 9.17) is 0 Å². The third kappa shape index (κ3) is 453. The van der Waals surface area contributed by atoms with Crippen LogP contribution in [-0.2, 0) is 16.5 Å². The van der Waals surface area contributed by atoms with Gasteiger partial charge in [-0.2, -0.15) is 0 Å². The zero-order valence-electron chi connectivity index (χ0n) is 1.95. The third-order valence-corrected chi connectivity index (χ3v) is 0. The first kappa shape index (κ1) is 2030. The smallest absolute Gasteiger partial charge is 0 e. The van der Waals surface area contributed by atoms with E-state index < -0.39 is 0 Å². The van der Waals surface area contributed by atoms with E-state index in [-0.39, 0.29) is 35.3 Å². The Labute approximate surface area is 36.3 Å². The first-order chi connectivity index (χ1) is 0. The molecular formula is H4F4Ni. The minimum atomic E-state index is 0. The van der Waals surface area contributed by atoms with Crippen molar-refractivity contribution in [3.63, 3.8) is 0 Å². The Morgan fingerprint density at radius 2 is 0.400 bits per heavy atom. The monoisotopic (exact) mass is 138 g/mol. The molecule has 0 fully saturated rings. The van der Waals surface area contributed by atoms with Crippen LogP contribution in [0.5, 0.6) is 0 Å². The second kappa shape index (κ2) is 955. The van der Waals surface area contributed by atoms with Crippen LogP contribution >= 0.6 is 0 Å². The molecule has 5 heavy (non-hydrogen) atoms. The van der Waals surface area contributed by atoms with Crippen LogP contribution in [0.3, 0.4) is 0 Å². The van der Waals surface area contributed by atoms with Gasteiger partial charge in [-0.1, -0.05) is 0 Å². The second-order valence-corrected chi connectivity index (χ2v) is 0. The van der Waals surface area contributed by atoms with Gasteiger partial charge in [0.25, 0.3) is 0 Å². The zero-order chi connectivity index (χ0) is 0. The maximum atomic E-state index is 0. The van der Waals surface area contributed by atoms with E-state index in [1.54, 1.807) is 0 Å². The molecule has 0 rings (SSSR count). The van der Waals surface area contributed by atoms with Crippen LogP contribution in [0.2, 0.25) is 0 Å². The van der Waals surface area contributed by atoms with E-state index in [0.29, 0.717) is 0 Å². The fraction of sp³-hybridized carbons (Fsp3) is 0. The molecule has 0 bridgehead atoms. The predicted octanol–water partition coefficient (Wildman–Crippen LogP) is 0.607. The molecule has 0 aromatic carbocycles. The van der Waals surface area contributed by atoms with E-state index in [1.165, 1.54) is 0 Å². The van der Waals surface area contributed by atoms with Gasteiger partial charge in [0.1, 0.15) is 0 Å². The van der Waals surface area contributed by atoms with E-state index in [2.05, 4.69) is 0 Å². The van der Waals surface area contributed by atoms with Crippen LogP contribution in [-0.4, -0.2) is 0 Å². The minimum Gasteiger partial charge on any atom is -0.269 e. The van der Waals surface area contributed by atoms with E-state index in [1.807, 2.05) is 0 Å². The van der Waals surface area contributed by atoms with Crippen LogP contribution in [0, 0.1) is 0 Å². The van der Waals surface area contributed by atoms with Gasteiger partial charge in [-0.3, -0.25) is 18.8 Å². The number of rotatable bonds is 0. The Hall–Kier alpha value is 0.214. The Bertz CT molecular complexity index is 3.61. The van der Waals surface area contributed by atoms with Crippen LogP contribution in [0.1, 0.15) is 0 Å². The molecule has 0 atom stereocenters. The summed E-state index contributed by atoms with van der Waals surface area (Å²) in [5.41, 5.74) is 0. The van der Waals surface area contributed by atoms with Gasteiger partial charge in [0, 0.05) is 16.5 Å². The summed E-state index contributed by atoms with van der Waals surface area (Å²) in [5.74, 6) is 0. The average Bonchev–Trinajstić information content (AvgIpc) is 0. The summed E-state index contributed by atoms with van der Waals surface area (Å²) < 4.78 is 0. The molecule has 0 aliphatic heterocycles. The van der Waals surface area contributed by atoms with Gasteiger partial charge in [-0.05, 0) is 0 Å². The van der Waals surface area contributed by atoms with Gasteiger partial charge in [0.15, 0.2) is 0 Å². The first-order valence-electron chi connectivity index (χ1n) is 0. The van der Waals surface area contributed by atoms with Gasteiger partial charge in [0.2, 0.25) is 0 Å². The topological polar surface area (TPSA) is 0 Å². The summed E-state index contributed by atoms with van der Waals surface area (Å²) in [5, 5.41) is 0. The van der Waals surface area contributed by atoms with Crippen molar-refractivity contribution < 1.29 is 35.3 Å². The van der Waals surface area contributed by atoms with Crippen LogP contribution in [0.15, 0.2) is 0 Å². The van der Waals surface area contributed by atoms with Crippen molar-refractivity contribution in [2.24, 2.45) is 0 Å². The van der Waals surface area contributed by atoms with E-state index in [0.717, 1.165) is 0 Å². The Morgan fingerprint density at radius 3 is 0.400 bits per heavy atom. The molecule has 0 aliphatic carbocycles. The summed E-state index contributed by atoms with van der Waals surface area (Å²) >= 11 is 0. The van der Waals surface area contributed by atoms with Gasteiger partial charge in [-0.15, -0.1) is 0 Å². The summed E-state index contributed by atoms with van der Waals surface area (Å²) in [4.78, 5) is 0. The minimum absolute atomic E-state index is 0. The van der Waals surface area contributed by atoms with Crippen molar-refractivity contribution >= 4 is 0 Å². The second-order valence-electron chi connectivity index (χ2n) is 0. The van der Waals surface area contributed by atoms with Crippen molar-refractivity contribution in [3.05, 3.63) is 0 Å². The average molecular weight is 139 g/mol. The Balaban J connectivity index is 0. The Kier molecular flexibility index (Phi) is 388000. The fourth-order valence-corrected chi connectivity index (χ4v) is 0. The molecule has 0 aliphatic rings. The van der Waals surface area contributed by atoms with Gasteiger partial charge >= 0.3 is 0 Å².